The summed E-state index contributed by atoms with van der Waals surface area (Å²) in [5.41, 5.74) is 4.57. The maximum Gasteiger partial charge on any atom is 0.254 e. The van der Waals surface area contributed by atoms with E-state index in [0.29, 0.717) is 18.5 Å². The Hall–Kier alpha value is -2.82. The SMILES string of the molecule is Cc1cccc(Nc2ccccc2C(=O)NC2CCN(C(C)C)C2=O)c1C. The number of carbonyl (C=O) groups is 2. The first-order valence-corrected chi connectivity index (χ1v) is 9.42. The van der Waals surface area contributed by atoms with Gasteiger partial charge in [0.05, 0.1) is 11.3 Å². The molecule has 2 aromatic carbocycles. The largest absolute Gasteiger partial charge is 0.355 e. The molecule has 0 aromatic heterocycles. The molecule has 2 aromatic rings. The summed E-state index contributed by atoms with van der Waals surface area (Å²) in [7, 11) is 0. The fourth-order valence-electron chi connectivity index (χ4n) is 3.41. The van der Waals surface area contributed by atoms with Crippen LogP contribution < -0.4 is 10.6 Å². The van der Waals surface area contributed by atoms with E-state index in [4.69, 9.17) is 0 Å². The minimum absolute atomic E-state index is 0.00156. The van der Waals surface area contributed by atoms with Crippen molar-refractivity contribution in [3.63, 3.8) is 0 Å². The third-order valence-corrected chi connectivity index (χ3v) is 5.21. The van der Waals surface area contributed by atoms with Crippen LogP contribution in [0.4, 0.5) is 11.4 Å². The molecule has 3 rings (SSSR count). The van der Waals surface area contributed by atoms with E-state index in [1.165, 1.54) is 5.56 Å². The van der Waals surface area contributed by atoms with Gasteiger partial charge in [-0.25, -0.2) is 0 Å². The summed E-state index contributed by atoms with van der Waals surface area (Å²) in [5, 5.41) is 6.28. The van der Waals surface area contributed by atoms with E-state index < -0.39 is 6.04 Å². The van der Waals surface area contributed by atoms with Gasteiger partial charge in [0.2, 0.25) is 5.91 Å². The first-order chi connectivity index (χ1) is 12.9. The van der Waals surface area contributed by atoms with Crippen molar-refractivity contribution in [2.24, 2.45) is 0 Å². The van der Waals surface area contributed by atoms with Gasteiger partial charge in [-0.1, -0.05) is 24.3 Å². The molecular formula is C22H27N3O2. The molecule has 0 aliphatic carbocycles. The van der Waals surface area contributed by atoms with Crippen molar-refractivity contribution in [1.29, 1.82) is 0 Å². The van der Waals surface area contributed by atoms with Crippen LogP contribution in [0, 0.1) is 13.8 Å². The van der Waals surface area contributed by atoms with E-state index in [9.17, 15) is 9.59 Å². The number of benzene rings is 2. The van der Waals surface area contributed by atoms with Crippen molar-refractivity contribution >= 4 is 23.2 Å². The Balaban J connectivity index is 1.79. The number of hydrogen-bond donors (Lipinski definition) is 2. The first kappa shape index (κ1) is 19.0. The molecule has 0 saturated carbocycles. The van der Waals surface area contributed by atoms with Gasteiger partial charge in [0.1, 0.15) is 6.04 Å². The second kappa shape index (κ2) is 7.82. The van der Waals surface area contributed by atoms with E-state index in [2.05, 4.69) is 30.5 Å². The molecule has 27 heavy (non-hydrogen) atoms. The highest BCUT2D eigenvalue weighted by Crippen LogP contribution is 2.25. The Labute approximate surface area is 160 Å². The van der Waals surface area contributed by atoms with Crippen molar-refractivity contribution in [2.75, 3.05) is 11.9 Å². The summed E-state index contributed by atoms with van der Waals surface area (Å²) in [6, 6.07) is 13.1. The molecule has 1 atom stereocenters. The van der Waals surface area contributed by atoms with Gasteiger partial charge in [-0.05, 0) is 63.4 Å². The predicted molar refractivity (Wildman–Crippen MR) is 108 cm³/mol. The van der Waals surface area contributed by atoms with Gasteiger partial charge in [0, 0.05) is 18.3 Å². The molecule has 5 nitrogen and oxygen atoms in total. The van der Waals surface area contributed by atoms with E-state index in [1.54, 1.807) is 6.07 Å². The average molecular weight is 365 g/mol. The standard InChI is InChI=1S/C22H27N3O2/c1-14(2)25-13-12-20(22(25)27)24-21(26)17-9-5-6-10-19(17)23-18-11-7-8-15(3)16(18)4/h5-11,14,20,23H,12-13H2,1-4H3,(H,24,26). The molecule has 1 aliphatic rings. The number of nitrogens with one attached hydrogen (secondary N) is 2. The Bertz CT molecular complexity index is 860. The fourth-order valence-corrected chi connectivity index (χ4v) is 3.41. The molecule has 1 fully saturated rings. The van der Waals surface area contributed by atoms with Gasteiger partial charge in [0.25, 0.3) is 5.91 Å². The number of para-hydroxylation sites is 1. The third-order valence-electron chi connectivity index (χ3n) is 5.21. The van der Waals surface area contributed by atoms with E-state index in [-0.39, 0.29) is 17.9 Å². The quantitative estimate of drug-likeness (QED) is 0.847. The Morgan fingerprint density at radius 3 is 2.48 bits per heavy atom. The highest BCUT2D eigenvalue weighted by molar-refractivity contribution is 6.02. The van der Waals surface area contributed by atoms with Crippen molar-refractivity contribution in [3.8, 4) is 0 Å². The van der Waals surface area contributed by atoms with Crippen LogP contribution in [-0.2, 0) is 4.79 Å². The minimum Gasteiger partial charge on any atom is -0.355 e. The lowest BCUT2D eigenvalue weighted by molar-refractivity contribution is -0.130. The maximum absolute atomic E-state index is 12.9. The van der Waals surface area contributed by atoms with Crippen LogP contribution in [0.3, 0.4) is 0 Å². The molecule has 0 radical (unpaired) electrons. The third kappa shape index (κ3) is 3.97. The van der Waals surface area contributed by atoms with Crippen molar-refractivity contribution in [3.05, 3.63) is 59.2 Å². The van der Waals surface area contributed by atoms with Crippen LogP contribution in [0.15, 0.2) is 42.5 Å². The summed E-state index contributed by atoms with van der Waals surface area (Å²) < 4.78 is 0. The van der Waals surface area contributed by atoms with Gasteiger partial charge in [-0.15, -0.1) is 0 Å². The molecule has 0 bridgehead atoms. The van der Waals surface area contributed by atoms with Crippen LogP contribution in [0.1, 0.15) is 41.8 Å². The normalized spacial score (nSPS) is 16.7. The van der Waals surface area contributed by atoms with Crippen molar-refractivity contribution in [1.82, 2.24) is 10.2 Å². The van der Waals surface area contributed by atoms with Crippen LogP contribution in [0.25, 0.3) is 0 Å². The number of aryl methyl sites for hydroxylation is 1. The number of carbonyl (C=O) groups excluding carboxylic acids is 2. The number of amides is 2. The number of hydrogen-bond acceptors (Lipinski definition) is 3. The average Bonchev–Trinajstić information content (AvgIpc) is 3.00. The second-order valence-corrected chi connectivity index (χ2v) is 7.36. The summed E-state index contributed by atoms with van der Waals surface area (Å²) in [6.45, 7) is 8.78. The Morgan fingerprint density at radius 2 is 1.78 bits per heavy atom. The molecular weight excluding hydrogens is 338 g/mol. The van der Waals surface area contributed by atoms with Crippen LogP contribution in [0.2, 0.25) is 0 Å². The Morgan fingerprint density at radius 1 is 1.07 bits per heavy atom. The maximum atomic E-state index is 12.9. The van der Waals surface area contributed by atoms with Gasteiger partial charge in [0.15, 0.2) is 0 Å². The summed E-state index contributed by atoms with van der Waals surface area (Å²) in [5.74, 6) is -0.231. The summed E-state index contributed by atoms with van der Waals surface area (Å²) in [4.78, 5) is 27.1. The number of nitrogens with zero attached hydrogens (tertiary/aromatic N) is 1. The zero-order valence-corrected chi connectivity index (χ0v) is 16.4. The fraction of sp³-hybridized carbons (Fsp3) is 0.364. The lowest BCUT2D eigenvalue weighted by Crippen LogP contribution is -2.43. The molecule has 2 N–H and O–H groups in total. The van der Waals surface area contributed by atoms with Gasteiger partial charge in [-0.2, -0.15) is 0 Å². The van der Waals surface area contributed by atoms with Gasteiger partial charge >= 0.3 is 0 Å². The van der Waals surface area contributed by atoms with E-state index >= 15 is 0 Å². The molecule has 1 unspecified atom stereocenters. The zero-order chi connectivity index (χ0) is 19.6. The highest BCUT2D eigenvalue weighted by atomic mass is 16.2. The van der Waals surface area contributed by atoms with Crippen LogP contribution in [-0.4, -0.2) is 35.3 Å². The van der Waals surface area contributed by atoms with E-state index in [1.807, 2.05) is 49.1 Å². The highest BCUT2D eigenvalue weighted by Gasteiger charge is 2.34. The molecule has 142 valence electrons. The van der Waals surface area contributed by atoms with Gasteiger partial charge in [-0.3, -0.25) is 9.59 Å². The number of anilines is 2. The Kier molecular flexibility index (Phi) is 5.49. The molecule has 1 aliphatic heterocycles. The number of likely N-dealkylation sites (tertiary alicyclic amines) is 1. The smallest absolute Gasteiger partial charge is 0.254 e. The molecule has 1 saturated heterocycles. The first-order valence-electron chi connectivity index (χ1n) is 9.42. The lowest BCUT2D eigenvalue weighted by atomic mass is 10.1. The lowest BCUT2D eigenvalue weighted by Gasteiger charge is -2.21. The van der Waals surface area contributed by atoms with E-state index in [0.717, 1.165) is 16.9 Å². The molecule has 1 heterocycles. The molecule has 0 spiro atoms. The topological polar surface area (TPSA) is 61.4 Å². The van der Waals surface area contributed by atoms with Crippen LogP contribution >= 0.6 is 0 Å². The van der Waals surface area contributed by atoms with Gasteiger partial charge < -0.3 is 15.5 Å². The van der Waals surface area contributed by atoms with Crippen molar-refractivity contribution in [2.45, 2.75) is 46.2 Å². The minimum atomic E-state index is -0.450. The van der Waals surface area contributed by atoms with Crippen molar-refractivity contribution < 1.29 is 9.59 Å². The predicted octanol–water partition coefficient (Wildman–Crippen LogP) is 3.79. The molecule has 5 heteroatoms. The van der Waals surface area contributed by atoms with Crippen LogP contribution in [0.5, 0.6) is 0 Å². The molecule has 2 amide bonds. The second-order valence-electron chi connectivity index (χ2n) is 7.36. The monoisotopic (exact) mass is 365 g/mol. The summed E-state index contributed by atoms with van der Waals surface area (Å²) >= 11 is 0. The summed E-state index contributed by atoms with van der Waals surface area (Å²) in [6.07, 6.45) is 0.648. The zero-order valence-electron chi connectivity index (χ0n) is 16.4. The number of rotatable bonds is 5.